The van der Waals surface area contributed by atoms with Gasteiger partial charge in [-0.05, 0) is 62.2 Å². The molecule has 1 amide bonds. The summed E-state index contributed by atoms with van der Waals surface area (Å²) < 4.78 is 37.7. The number of benzene rings is 2. The van der Waals surface area contributed by atoms with Gasteiger partial charge < -0.3 is 14.6 Å². The summed E-state index contributed by atoms with van der Waals surface area (Å²) in [6.45, 7) is 5.35. The Morgan fingerprint density at radius 1 is 1.17 bits per heavy atom. The van der Waals surface area contributed by atoms with Crippen LogP contribution in [0, 0.1) is 6.92 Å². The van der Waals surface area contributed by atoms with Gasteiger partial charge in [-0.2, -0.15) is 0 Å². The second-order valence-electron chi connectivity index (χ2n) is 6.70. The monoisotopic (exact) mass is 429 g/mol. The molecule has 2 N–H and O–H groups in total. The van der Waals surface area contributed by atoms with Crippen LogP contribution in [-0.4, -0.2) is 25.6 Å². The van der Waals surface area contributed by atoms with E-state index in [9.17, 15) is 13.2 Å². The molecule has 0 bridgehead atoms. The molecule has 0 radical (unpaired) electrons. The standard InChI is InChI=1S/C21H23N3O5S/c1-4-16-6-5-7-18(13-16)28-15(3)21(25)22-17-8-10-19(11-9-17)30(26,27)24-20-12-14(2)29-23-20/h5-13,15H,4H2,1-3H3,(H,22,25)(H,23,24). The van der Waals surface area contributed by atoms with Crippen LogP contribution in [0.1, 0.15) is 25.2 Å². The fourth-order valence-corrected chi connectivity index (χ4v) is 3.65. The van der Waals surface area contributed by atoms with Crippen molar-refractivity contribution in [2.45, 2.75) is 38.2 Å². The van der Waals surface area contributed by atoms with E-state index < -0.39 is 16.1 Å². The molecule has 2 aromatic carbocycles. The van der Waals surface area contributed by atoms with Crippen molar-refractivity contribution in [3.05, 3.63) is 65.9 Å². The Bertz CT molecular complexity index is 1120. The quantitative estimate of drug-likeness (QED) is 0.564. The van der Waals surface area contributed by atoms with Crippen molar-refractivity contribution in [3.63, 3.8) is 0 Å². The van der Waals surface area contributed by atoms with Gasteiger partial charge in [0.05, 0.1) is 4.90 Å². The number of nitrogens with one attached hydrogen (secondary N) is 2. The summed E-state index contributed by atoms with van der Waals surface area (Å²) in [5.74, 6) is 0.864. The van der Waals surface area contributed by atoms with E-state index in [1.807, 2.05) is 25.1 Å². The molecule has 0 aliphatic heterocycles. The Labute approximate surface area is 175 Å². The van der Waals surface area contributed by atoms with Gasteiger partial charge >= 0.3 is 0 Å². The van der Waals surface area contributed by atoms with Crippen LogP contribution in [-0.2, 0) is 21.2 Å². The van der Waals surface area contributed by atoms with Crippen molar-refractivity contribution < 1.29 is 22.5 Å². The molecule has 0 aliphatic carbocycles. The molecule has 3 aromatic rings. The normalized spacial score (nSPS) is 12.2. The number of carbonyl (C=O) groups excluding carboxylic acids is 1. The van der Waals surface area contributed by atoms with Crippen LogP contribution in [0.2, 0.25) is 0 Å². The van der Waals surface area contributed by atoms with E-state index in [1.165, 1.54) is 30.3 Å². The Hall–Kier alpha value is -3.33. The molecule has 158 valence electrons. The van der Waals surface area contributed by atoms with Crippen LogP contribution in [0.5, 0.6) is 5.75 Å². The van der Waals surface area contributed by atoms with Crippen molar-refractivity contribution in [3.8, 4) is 5.75 Å². The summed E-state index contributed by atoms with van der Waals surface area (Å²) in [7, 11) is -3.82. The number of ether oxygens (including phenoxy) is 1. The van der Waals surface area contributed by atoms with E-state index in [1.54, 1.807) is 19.9 Å². The van der Waals surface area contributed by atoms with Crippen LogP contribution >= 0.6 is 0 Å². The van der Waals surface area contributed by atoms with Crippen LogP contribution < -0.4 is 14.8 Å². The lowest BCUT2D eigenvalue weighted by atomic mass is 10.2. The highest BCUT2D eigenvalue weighted by atomic mass is 32.2. The smallest absolute Gasteiger partial charge is 0.265 e. The van der Waals surface area contributed by atoms with E-state index in [0.717, 1.165) is 12.0 Å². The largest absolute Gasteiger partial charge is 0.481 e. The summed E-state index contributed by atoms with van der Waals surface area (Å²) in [6, 6.07) is 14.8. The van der Waals surface area contributed by atoms with Crippen molar-refractivity contribution >= 4 is 27.4 Å². The minimum Gasteiger partial charge on any atom is -0.481 e. The van der Waals surface area contributed by atoms with Crippen LogP contribution in [0.25, 0.3) is 0 Å². The van der Waals surface area contributed by atoms with E-state index in [0.29, 0.717) is 17.2 Å². The molecule has 1 atom stereocenters. The Balaban J connectivity index is 1.62. The van der Waals surface area contributed by atoms with Crippen molar-refractivity contribution in [2.75, 3.05) is 10.0 Å². The number of hydrogen-bond acceptors (Lipinski definition) is 6. The Morgan fingerprint density at radius 2 is 1.90 bits per heavy atom. The number of rotatable bonds is 8. The third-order valence-corrected chi connectivity index (χ3v) is 5.66. The Kier molecular flexibility index (Phi) is 6.41. The van der Waals surface area contributed by atoms with Crippen molar-refractivity contribution in [1.82, 2.24) is 5.16 Å². The zero-order valence-electron chi connectivity index (χ0n) is 16.9. The highest BCUT2D eigenvalue weighted by molar-refractivity contribution is 7.92. The minimum absolute atomic E-state index is 0.0295. The molecule has 0 fully saturated rings. The van der Waals surface area contributed by atoms with Gasteiger partial charge in [0, 0.05) is 11.8 Å². The molecule has 9 heteroatoms. The average Bonchev–Trinajstić information content (AvgIpc) is 3.12. The molecule has 30 heavy (non-hydrogen) atoms. The fraction of sp³-hybridized carbons (Fsp3) is 0.238. The van der Waals surface area contributed by atoms with Crippen molar-refractivity contribution in [1.29, 1.82) is 0 Å². The molecule has 1 heterocycles. The minimum atomic E-state index is -3.82. The number of sulfonamides is 1. The number of amides is 1. The molecule has 0 spiro atoms. The summed E-state index contributed by atoms with van der Waals surface area (Å²) >= 11 is 0. The first-order valence-corrected chi connectivity index (χ1v) is 10.9. The first-order valence-electron chi connectivity index (χ1n) is 9.39. The second-order valence-corrected chi connectivity index (χ2v) is 8.39. The highest BCUT2D eigenvalue weighted by Crippen LogP contribution is 2.19. The number of carbonyl (C=O) groups is 1. The van der Waals surface area contributed by atoms with Gasteiger partial charge in [0.2, 0.25) is 0 Å². The molecular weight excluding hydrogens is 406 g/mol. The van der Waals surface area contributed by atoms with Crippen LogP contribution in [0.4, 0.5) is 11.5 Å². The van der Waals surface area contributed by atoms with E-state index in [4.69, 9.17) is 9.26 Å². The number of nitrogens with zero attached hydrogens (tertiary/aromatic N) is 1. The summed E-state index contributed by atoms with van der Waals surface area (Å²) in [5.41, 5.74) is 1.57. The maximum Gasteiger partial charge on any atom is 0.265 e. The molecule has 8 nitrogen and oxygen atoms in total. The SMILES string of the molecule is CCc1cccc(OC(C)C(=O)Nc2ccc(S(=O)(=O)Nc3cc(C)on3)cc2)c1. The highest BCUT2D eigenvalue weighted by Gasteiger charge is 2.18. The third-order valence-electron chi connectivity index (χ3n) is 4.29. The maximum atomic E-state index is 12.4. The first-order chi connectivity index (χ1) is 14.3. The second kappa shape index (κ2) is 9.00. The van der Waals surface area contributed by atoms with Gasteiger partial charge in [0.15, 0.2) is 11.9 Å². The van der Waals surface area contributed by atoms with Gasteiger partial charge in [-0.3, -0.25) is 9.52 Å². The molecule has 1 unspecified atom stereocenters. The molecular formula is C21H23N3O5S. The number of hydrogen-bond donors (Lipinski definition) is 2. The zero-order chi connectivity index (χ0) is 21.7. The lowest BCUT2D eigenvalue weighted by Gasteiger charge is -2.15. The van der Waals surface area contributed by atoms with E-state index in [2.05, 4.69) is 15.2 Å². The van der Waals surface area contributed by atoms with E-state index >= 15 is 0 Å². The predicted octanol–water partition coefficient (Wildman–Crippen LogP) is 3.75. The van der Waals surface area contributed by atoms with Gasteiger partial charge in [-0.25, -0.2) is 8.42 Å². The average molecular weight is 429 g/mol. The predicted molar refractivity (Wildman–Crippen MR) is 113 cm³/mol. The fourth-order valence-electron chi connectivity index (χ4n) is 2.67. The topological polar surface area (TPSA) is 111 Å². The van der Waals surface area contributed by atoms with Gasteiger partial charge in [-0.15, -0.1) is 0 Å². The molecule has 0 saturated heterocycles. The van der Waals surface area contributed by atoms with Crippen LogP contribution in [0.3, 0.4) is 0 Å². The summed E-state index contributed by atoms with van der Waals surface area (Å²) in [5, 5.41) is 6.33. The van der Waals surface area contributed by atoms with Gasteiger partial charge in [0.25, 0.3) is 15.9 Å². The van der Waals surface area contributed by atoms with Crippen molar-refractivity contribution in [2.24, 2.45) is 0 Å². The van der Waals surface area contributed by atoms with E-state index in [-0.39, 0.29) is 16.6 Å². The summed E-state index contributed by atoms with van der Waals surface area (Å²) in [4.78, 5) is 12.4. The number of aromatic nitrogens is 1. The lowest BCUT2D eigenvalue weighted by Crippen LogP contribution is -2.30. The molecule has 1 aromatic heterocycles. The van der Waals surface area contributed by atoms with Crippen LogP contribution in [0.15, 0.2) is 64.0 Å². The summed E-state index contributed by atoms with van der Waals surface area (Å²) in [6.07, 6.45) is 0.149. The third kappa shape index (κ3) is 5.38. The maximum absolute atomic E-state index is 12.4. The number of aryl methyl sites for hydroxylation is 2. The Morgan fingerprint density at radius 3 is 2.53 bits per heavy atom. The molecule has 0 saturated carbocycles. The van der Waals surface area contributed by atoms with Gasteiger partial charge in [-0.1, -0.05) is 24.2 Å². The number of anilines is 2. The molecule has 0 aliphatic rings. The zero-order valence-corrected chi connectivity index (χ0v) is 17.7. The lowest BCUT2D eigenvalue weighted by molar-refractivity contribution is -0.122. The van der Waals surface area contributed by atoms with Gasteiger partial charge in [0.1, 0.15) is 11.5 Å². The molecule has 3 rings (SSSR count). The first kappa shape index (κ1) is 21.4.